The molecule has 0 aliphatic carbocycles. The van der Waals surface area contributed by atoms with Crippen LogP contribution in [0, 0.1) is 5.82 Å². The van der Waals surface area contributed by atoms with Gasteiger partial charge in [-0.1, -0.05) is 17.7 Å². The molecule has 2 aromatic rings. The summed E-state index contributed by atoms with van der Waals surface area (Å²) in [6.07, 6.45) is 0.986. The fourth-order valence-electron chi connectivity index (χ4n) is 2.21. The van der Waals surface area contributed by atoms with Gasteiger partial charge in [-0.2, -0.15) is 0 Å². The van der Waals surface area contributed by atoms with Crippen LogP contribution >= 0.6 is 11.6 Å². The van der Waals surface area contributed by atoms with Crippen LogP contribution in [0.5, 0.6) is 0 Å². The molecule has 0 aliphatic rings. The molecular formula is C16H16ClFN2O3S. The summed E-state index contributed by atoms with van der Waals surface area (Å²) in [5, 5.41) is 3.06. The minimum atomic E-state index is -3.75. The Bertz CT molecular complexity index is 841. The first-order chi connectivity index (χ1) is 11.2. The van der Waals surface area contributed by atoms with Crippen LogP contribution in [0.3, 0.4) is 0 Å². The molecule has 0 aromatic heterocycles. The molecular weight excluding hydrogens is 355 g/mol. The van der Waals surface area contributed by atoms with Gasteiger partial charge in [0, 0.05) is 10.7 Å². The van der Waals surface area contributed by atoms with E-state index in [0.717, 1.165) is 22.7 Å². The molecule has 0 radical (unpaired) electrons. The van der Waals surface area contributed by atoms with Crippen molar-refractivity contribution >= 4 is 38.9 Å². The maximum absolute atomic E-state index is 13.1. The van der Waals surface area contributed by atoms with Crippen molar-refractivity contribution in [2.75, 3.05) is 15.9 Å². The lowest BCUT2D eigenvalue weighted by Crippen LogP contribution is -2.45. The zero-order valence-corrected chi connectivity index (χ0v) is 14.6. The Morgan fingerprint density at radius 2 is 1.83 bits per heavy atom. The SMILES string of the molecule is C[C@H](C(=O)Nc1cccc(Cl)c1)N(c1ccc(F)cc1)S(C)(=O)=O. The second kappa shape index (κ2) is 7.19. The number of halogens is 2. The summed E-state index contributed by atoms with van der Waals surface area (Å²) < 4.78 is 38.2. The van der Waals surface area contributed by atoms with Crippen molar-refractivity contribution in [1.82, 2.24) is 0 Å². The van der Waals surface area contributed by atoms with Crippen LogP contribution in [-0.4, -0.2) is 26.6 Å². The van der Waals surface area contributed by atoms with Crippen molar-refractivity contribution in [2.24, 2.45) is 0 Å². The highest BCUT2D eigenvalue weighted by Gasteiger charge is 2.29. The van der Waals surface area contributed by atoms with E-state index in [4.69, 9.17) is 11.6 Å². The van der Waals surface area contributed by atoms with E-state index in [9.17, 15) is 17.6 Å². The highest BCUT2D eigenvalue weighted by atomic mass is 35.5. The molecule has 8 heteroatoms. The third-order valence-electron chi connectivity index (χ3n) is 3.26. The number of sulfonamides is 1. The van der Waals surface area contributed by atoms with Crippen molar-refractivity contribution in [2.45, 2.75) is 13.0 Å². The lowest BCUT2D eigenvalue weighted by molar-refractivity contribution is -0.116. The largest absolute Gasteiger partial charge is 0.324 e. The fourth-order valence-corrected chi connectivity index (χ4v) is 3.57. The first-order valence-corrected chi connectivity index (χ1v) is 9.22. The smallest absolute Gasteiger partial charge is 0.247 e. The summed E-state index contributed by atoms with van der Waals surface area (Å²) >= 11 is 5.86. The molecule has 0 aliphatic heterocycles. The van der Waals surface area contributed by atoms with E-state index >= 15 is 0 Å². The molecule has 0 unspecified atom stereocenters. The zero-order valence-electron chi connectivity index (χ0n) is 13.0. The summed E-state index contributed by atoms with van der Waals surface area (Å²) in [5.74, 6) is -1.03. The molecule has 0 saturated heterocycles. The lowest BCUT2D eigenvalue weighted by atomic mass is 10.2. The van der Waals surface area contributed by atoms with Crippen LogP contribution in [0.1, 0.15) is 6.92 Å². The number of benzene rings is 2. The second-order valence-electron chi connectivity index (χ2n) is 5.21. The van der Waals surface area contributed by atoms with Crippen molar-refractivity contribution in [3.63, 3.8) is 0 Å². The van der Waals surface area contributed by atoms with Gasteiger partial charge < -0.3 is 5.32 Å². The fraction of sp³-hybridized carbons (Fsp3) is 0.188. The zero-order chi connectivity index (χ0) is 17.9. The summed E-state index contributed by atoms with van der Waals surface area (Å²) in [4.78, 5) is 12.4. The van der Waals surface area contributed by atoms with E-state index in [2.05, 4.69) is 5.32 Å². The highest BCUT2D eigenvalue weighted by Crippen LogP contribution is 2.22. The van der Waals surface area contributed by atoms with Crippen LogP contribution in [0.15, 0.2) is 48.5 Å². The molecule has 1 atom stereocenters. The van der Waals surface area contributed by atoms with Gasteiger partial charge in [0.1, 0.15) is 11.9 Å². The minimum Gasteiger partial charge on any atom is -0.324 e. The molecule has 1 N–H and O–H groups in total. The molecule has 0 spiro atoms. The van der Waals surface area contributed by atoms with Gasteiger partial charge in [0.2, 0.25) is 15.9 Å². The maximum Gasteiger partial charge on any atom is 0.247 e. The van der Waals surface area contributed by atoms with Gasteiger partial charge in [-0.15, -0.1) is 0 Å². The Morgan fingerprint density at radius 3 is 2.38 bits per heavy atom. The van der Waals surface area contributed by atoms with Crippen molar-refractivity contribution in [1.29, 1.82) is 0 Å². The van der Waals surface area contributed by atoms with Gasteiger partial charge in [-0.25, -0.2) is 12.8 Å². The minimum absolute atomic E-state index is 0.202. The summed E-state index contributed by atoms with van der Waals surface area (Å²) in [6.45, 7) is 1.45. The number of nitrogens with one attached hydrogen (secondary N) is 1. The maximum atomic E-state index is 13.1. The summed E-state index contributed by atoms with van der Waals surface area (Å²) in [6, 6.07) is 10.3. The number of amides is 1. The normalized spacial score (nSPS) is 12.5. The number of hydrogen-bond donors (Lipinski definition) is 1. The van der Waals surface area contributed by atoms with Crippen molar-refractivity contribution in [3.8, 4) is 0 Å². The number of anilines is 2. The molecule has 24 heavy (non-hydrogen) atoms. The molecule has 128 valence electrons. The number of nitrogens with zero attached hydrogens (tertiary/aromatic N) is 1. The molecule has 1 amide bonds. The standard InChI is InChI=1S/C16H16ClFN2O3S/c1-11(16(21)19-14-5-3-4-12(17)10-14)20(24(2,22)23)15-8-6-13(18)7-9-15/h3-11H,1-2H3,(H,19,21)/t11-/m1/s1. The van der Waals surface area contributed by atoms with Crippen LogP contribution < -0.4 is 9.62 Å². The first-order valence-electron chi connectivity index (χ1n) is 7.00. The predicted molar refractivity (Wildman–Crippen MR) is 93.3 cm³/mol. The lowest BCUT2D eigenvalue weighted by Gasteiger charge is -2.28. The predicted octanol–water partition coefficient (Wildman–Crippen LogP) is 3.27. The van der Waals surface area contributed by atoms with Gasteiger partial charge in [0.25, 0.3) is 0 Å². The van der Waals surface area contributed by atoms with Gasteiger partial charge in [-0.05, 0) is 49.4 Å². The van der Waals surface area contributed by atoms with E-state index in [-0.39, 0.29) is 5.69 Å². The molecule has 5 nitrogen and oxygen atoms in total. The quantitative estimate of drug-likeness (QED) is 0.878. The summed E-state index contributed by atoms with van der Waals surface area (Å²) in [5.41, 5.74) is 0.652. The number of carbonyl (C=O) groups excluding carboxylic acids is 1. The molecule has 2 rings (SSSR count). The Balaban J connectivity index is 2.29. The number of carbonyl (C=O) groups is 1. The molecule has 2 aromatic carbocycles. The molecule has 0 fully saturated rings. The topological polar surface area (TPSA) is 66.5 Å². The Hall–Kier alpha value is -2.12. The van der Waals surface area contributed by atoms with Gasteiger partial charge in [0.05, 0.1) is 11.9 Å². The monoisotopic (exact) mass is 370 g/mol. The van der Waals surface area contributed by atoms with Crippen molar-refractivity contribution < 1.29 is 17.6 Å². The van der Waals surface area contributed by atoms with Crippen LogP contribution in [-0.2, 0) is 14.8 Å². The van der Waals surface area contributed by atoms with Gasteiger partial charge in [0.15, 0.2) is 0 Å². The Labute approximate surface area is 145 Å². The average Bonchev–Trinajstić information content (AvgIpc) is 2.48. The van der Waals surface area contributed by atoms with Gasteiger partial charge >= 0.3 is 0 Å². The van der Waals surface area contributed by atoms with E-state index in [1.807, 2.05) is 0 Å². The van der Waals surface area contributed by atoms with Gasteiger partial charge in [-0.3, -0.25) is 9.10 Å². The Morgan fingerprint density at radius 1 is 1.21 bits per heavy atom. The number of rotatable bonds is 5. The number of hydrogen-bond acceptors (Lipinski definition) is 3. The van der Waals surface area contributed by atoms with E-state index in [0.29, 0.717) is 10.7 Å². The van der Waals surface area contributed by atoms with Crippen LogP contribution in [0.4, 0.5) is 15.8 Å². The van der Waals surface area contributed by atoms with Crippen molar-refractivity contribution in [3.05, 3.63) is 59.4 Å². The van der Waals surface area contributed by atoms with Crippen LogP contribution in [0.25, 0.3) is 0 Å². The third kappa shape index (κ3) is 4.46. The van der Waals surface area contributed by atoms with E-state index in [1.54, 1.807) is 24.3 Å². The molecule has 0 heterocycles. The average molecular weight is 371 g/mol. The third-order valence-corrected chi connectivity index (χ3v) is 4.74. The summed E-state index contributed by atoms with van der Waals surface area (Å²) in [7, 11) is -3.75. The van der Waals surface area contributed by atoms with E-state index < -0.39 is 27.8 Å². The Kier molecular flexibility index (Phi) is 5.46. The molecule has 0 bridgehead atoms. The second-order valence-corrected chi connectivity index (χ2v) is 7.51. The first kappa shape index (κ1) is 18.2. The molecule has 0 saturated carbocycles. The van der Waals surface area contributed by atoms with Crippen LogP contribution in [0.2, 0.25) is 5.02 Å². The highest BCUT2D eigenvalue weighted by molar-refractivity contribution is 7.92. The van der Waals surface area contributed by atoms with E-state index in [1.165, 1.54) is 19.1 Å².